The van der Waals surface area contributed by atoms with Crippen LogP contribution in [0.2, 0.25) is 0 Å². The van der Waals surface area contributed by atoms with Crippen molar-refractivity contribution in [3.05, 3.63) is 77.9 Å². The SMILES string of the molecule is CNC(=O)C1Cc2ccccc2N1C(=O)c1cccc2ccccc12. The fourth-order valence-electron chi connectivity index (χ4n) is 3.56. The summed E-state index contributed by atoms with van der Waals surface area (Å²) in [6.45, 7) is 0. The molecule has 0 fully saturated rings. The molecule has 1 aliphatic heterocycles. The summed E-state index contributed by atoms with van der Waals surface area (Å²) in [5.74, 6) is -0.292. The summed E-state index contributed by atoms with van der Waals surface area (Å²) in [5, 5.41) is 4.59. The number of anilines is 1. The number of benzene rings is 3. The van der Waals surface area contributed by atoms with Crippen LogP contribution in [0.4, 0.5) is 5.69 Å². The third-order valence-electron chi connectivity index (χ3n) is 4.76. The van der Waals surface area contributed by atoms with Gasteiger partial charge in [0.1, 0.15) is 6.04 Å². The number of nitrogens with one attached hydrogen (secondary N) is 1. The normalized spacial score (nSPS) is 15.9. The first-order valence-corrected chi connectivity index (χ1v) is 8.31. The van der Waals surface area contributed by atoms with Crippen molar-refractivity contribution in [3.63, 3.8) is 0 Å². The third kappa shape index (κ3) is 2.47. The molecule has 1 atom stereocenters. The molecule has 1 aliphatic rings. The maximum absolute atomic E-state index is 13.4. The van der Waals surface area contributed by atoms with Crippen molar-refractivity contribution in [1.82, 2.24) is 5.32 Å². The van der Waals surface area contributed by atoms with Gasteiger partial charge >= 0.3 is 0 Å². The van der Waals surface area contributed by atoms with Crippen LogP contribution in [0.5, 0.6) is 0 Å². The molecule has 3 aromatic carbocycles. The number of likely N-dealkylation sites (N-methyl/N-ethyl adjacent to an activating group) is 1. The van der Waals surface area contributed by atoms with Crippen molar-refractivity contribution in [2.75, 3.05) is 11.9 Å². The number of amides is 2. The molecule has 1 heterocycles. The Balaban J connectivity index is 1.85. The van der Waals surface area contributed by atoms with E-state index in [2.05, 4.69) is 5.32 Å². The van der Waals surface area contributed by atoms with Crippen molar-refractivity contribution in [1.29, 1.82) is 0 Å². The molecule has 4 rings (SSSR count). The number of carbonyl (C=O) groups is 2. The summed E-state index contributed by atoms with van der Waals surface area (Å²) < 4.78 is 0. The summed E-state index contributed by atoms with van der Waals surface area (Å²) in [7, 11) is 1.60. The highest BCUT2D eigenvalue weighted by atomic mass is 16.2. The van der Waals surface area contributed by atoms with Gasteiger partial charge in [-0.2, -0.15) is 0 Å². The molecule has 1 N–H and O–H groups in total. The molecule has 0 spiro atoms. The smallest absolute Gasteiger partial charge is 0.259 e. The number of hydrogen-bond donors (Lipinski definition) is 1. The van der Waals surface area contributed by atoms with Crippen molar-refractivity contribution in [2.45, 2.75) is 12.5 Å². The summed E-state index contributed by atoms with van der Waals surface area (Å²) in [5.41, 5.74) is 2.45. The van der Waals surface area contributed by atoms with Crippen molar-refractivity contribution in [3.8, 4) is 0 Å². The third-order valence-corrected chi connectivity index (χ3v) is 4.76. The lowest BCUT2D eigenvalue weighted by Gasteiger charge is -2.25. The van der Waals surface area contributed by atoms with E-state index in [1.807, 2.05) is 66.7 Å². The Bertz CT molecular complexity index is 975. The zero-order valence-corrected chi connectivity index (χ0v) is 13.9. The number of fused-ring (bicyclic) bond motifs is 2. The van der Waals surface area contributed by atoms with Crippen LogP contribution in [0, 0.1) is 0 Å². The maximum atomic E-state index is 13.4. The molecule has 0 saturated heterocycles. The first kappa shape index (κ1) is 15.4. The topological polar surface area (TPSA) is 49.4 Å². The lowest BCUT2D eigenvalue weighted by molar-refractivity contribution is -0.121. The van der Waals surface area contributed by atoms with E-state index in [-0.39, 0.29) is 11.8 Å². The molecule has 0 aromatic heterocycles. The Hall–Kier alpha value is -3.14. The summed E-state index contributed by atoms with van der Waals surface area (Å²) >= 11 is 0. The Kier molecular flexibility index (Phi) is 3.73. The first-order chi connectivity index (χ1) is 12.2. The minimum Gasteiger partial charge on any atom is -0.357 e. The highest BCUT2D eigenvalue weighted by Gasteiger charge is 2.38. The first-order valence-electron chi connectivity index (χ1n) is 8.31. The minimum absolute atomic E-state index is 0.143. The van der Waals surface area contributed by atoms with Gasteiger partial charge in [0.25, 0.3) is 5.91 Å². The molecule has 25 heavy (non-hydrogen) atoms. The zero-order chi connectivity index (χ0) is 17.4. The van der Waals surface area contributed by atoms with Crippen LogP contribution in [0.15, 0.2) is 66.7 Å². The van der Waals surface area contributed by atoms with Gasteiger partial charge in [-0.15, -0.1) is 0 Å². The molecule has 0 radical (unpaired) electrons. The number of carbonyl (C=O) groups excluding carboxylic acids is 2. The van der Waals surface area contributed by atoms with Crippen LogP contribution in [0.3, 0.4) is 0 Å². The van der Waals surface area contributed by atoms with Crippen molar-refractivity contribution >= 4 is 28.3 Å². The fraction of sp³-hybridized carbons (Fsp3) is 0.143. The van der Waals surface area contributed by atoms with Crippen LogP contribution in [-0.2, 0) is 11.2 Å². The van der Waals surface area contributed by atoms with Gasteiger partial charge in [0.05, 0.1) is 0 Å². The van der Waals surface area contributed by atoms with Gasteiger partial charge in [-0.3, -0.25) is 14.5 Å². The molecule has 3 aromatic rings. The minimum atomic E-state index is -0.520. The lowest BCUT2D eigenvalue weighted by Crippen LogP contribution is -2.47. The van der Waals surface area contributed by atoms with Crippen LogP contribution in [-0.4, -0.2) is 24.9 Å². The van der Waals surface area contributed by atoms with E-state index >= 15 is 0 Å². The van der Waals surface area contributed by atoms with Gasteiger partial charge in [-0.1, -0.05) is 54.6 Å². The Labute approximate surface area is 146 Å². The van der Waals surface area contributed by atoms with Gasteiger partial charge in [0, 0.05) is 24.7 Å². The predicted octanol–water partition coefficient (Wildman–Crippen LogP) is 3.16. The quantitative estimate of drug-likeness (QED) is 0.785. The van der Waals surface area contributed by atoms with E-state index in [1.165, 1.54) is 0 Å². The van der Waals surface area contributed by atoms with E-state index in [0.29, 0.717) is 12.0 Å². The number of nitrogens with zero attached hydrogens (tertiary/aromatic N) is 1. The number of rotatable bonds is 2. The van der Waals surface area contributed by atoms with Gasteiger partial charge in [0.2, 0.25) is 5.91 Å². The van der Waals surface area contributed by atoms with Gasteiger partial charge < -0.3 is 5.32 Å². The molecule has 1 unspecified atom stereocenters. The second-order valence-electron chi connectivity index (χ2n) is 6.16. The molecular weight excluding hydrogens is 312 g/mol. The number of hydrogen-bond acceptors (Lipinski definition) is 2. The predicted molar refractivity (Wildman–Crippen MR) is 98.8 cm³/mol. The van der Waals surface area contributed by atoms with E-state index in [0.717, 1.165) is 22.0 Å². The van der Waals surface area contributed by atoms with Crippen LogP contribution < -0.4 is 10.2 Å². The van der Waals surface area contributed by atoms with Gasteiger partial charge in [-0.05, 0) is 28.5 Å². The second kappa shape index (κ2) is 6.06. The van der Waals surface area contributed by atoms with Gasteiger partial charge in [-0.25, -0.2) is 0 Å². The van der Waals surface area contributed by atoms with Crippen molar-refractivity contribution < 1.29 is 9.59 Å². The largest absolute Gasteiger partial charge is 0.357 e. The summed E-state index contributed by atoms with van der Waals surface area (Å²) in [6, 6.07) is 20.7. The van der Waals surface area contributed by atoms with Crippen molar-refractivity contribution in [2.24, 2.45) is 0 Å². The zero-order valence-electron chi connectivity index (χ0n) is 13.9. The molecule has 124 valence electrons. The Morgan fingerprint density at radius 2 is 1.68 bits per heavy atom. The molecule has 4 nitrogen and oxygen atoms in total. The van der Waals surface area contributed by atoms with E-state index in [9.17, 15) is 9.59 Å². The molecule has 0 bridgehead atoms. The highest BCUT2D eigenvalue weighted by molar-refractivity contribution is 6.17. The van der Waals surface area contributed by atoms with Crippen LogP contribution >= 0.6 is 0 Å². The Morgan fingerprint density at radius 1 is 0.960 bits per heavy atom. The second-order valence-corrected chi connectivity index (χ2v) is 6.16. The van der Waals surface area contributed by atoms with E-state index in [1.54, 1.807) is 11.9 Å². The standard InChI is InChI=1S/C21H18N2O2/c1-22-20(24)19-13-15-8-3-5-12-18(15)23(19)21(25)17-11-6-9-14-7-2-4-10-16(14)17/h2-12,19H,13H2,1H3,(H,22,24). The fourth-order valence-corrected chi connectivity index (χ4v) is 3.56. The molecule has 2 amide bonds. The average Bonchev–Trinajstić information content (AvgIpc) is 3.06. The molecule has 0 aliphatic carbocycles. The summed E-state index contributed by atoms with van der Waals surface area (Å²) in [4.78, 5) is 27.4. The highest BCUT2D eigenvalue weighted by Crippen LogP contribution is 2.34. The van der Waals surface area contributed by atoms with E-state index < -0.39 is 6.04 Å². The van der Waals surface area contributed by atoms with Crippen LogP contribution in [0.1, 0.15) is 15.9 Å². The van der Waals surface area contributed by atoms with Gasteiger partial charge in [0.15, 0.2) is 0 Å². The molecule has 4 heteroatoms. The molecular formula is C21H18N2O2. The summed E-state index contributed by atoms with van der Waals surface area (Å²) in [6.07, 6.45) is 0.534. The van der Waals surface area contributed by atoms with E-state index in [4.69, 9.17) is 0 Å². The number of para-hydroxylation sites is 1. The maximum Gasteiger partial charge on any atom is 0.259 e. The Morgan fingerprint density at radius 3 is 2.52 bits per heavy atom. The lowest BCUT2D eigenvalue weighted by atomic mass is 10.0. The van der Waals surface area contributed by atoms with Crippen LogP contribution in [0.25, 0.3) is 10.8 Å². The monoisotopic (exact) mass is 330 g/mol. The molecule has 0 saturated carbocycles. The average molecular weight is 330 g/mol.